The van der Waals surface area contributed by atoms with Crippen LogP contribution in [0.1, 0.15) is 25.0 Å². The standard InChI is InChI=1S/C10H9BNO.C2H6.Y/c1-8-4-2-3-5-9(8)6-10(7-13)12-11;1-2;/h2-6,12H,1H3;1-2H3;/q-1;;/b10-6-;;. The molecule has 0 fully saturated rings. The van der Waals surface area contributed by atoms with Crippen LogP contribution in [0.2, 0.25) is 0 Å². The molecule has 1 N–H and O–H groups in total. The van der Waals surface area contributed by atoms with Crippen molar-refractivity contribution in [2.75, 3.05) is 0 Å². The predicted octanol–water partition coefficient (Wildman–Crippen LogP) is 2.14. The molecule has 0 aromatic heterocycles. The van der Waals surface area contributed by atoms with Gasteiger partial charge in [0.1, 0.15) is 0 Å². The van der Waals surface area contributed by atoms with Gasteiger partial charge in [-0.1, -0.05) is 43.7 Å². The molecule has 0 atom stereocenters. The van der Waals surface area contributed by atoms with Gasteiger partial charge in [-0.3, -0.25) is 0 Å². The summed E-state index contributed by atoms with van der Waals surface area (Å²) in [7, 11) is 5.10. The third kappa shape index (κ3) is 6.24. The molecule has 1 rings (SSSR count). The normalized spacial score (nSPS) is 9.31. The molecule has 0 aliphatic heterocycles. The minimum atomic E-state index is 0. The van der Waals surface area contributed by atoms with E-state index >= 15 is 0 Å². The Morgan fingerprint density at radius 2 is 1.94 bits per heavy atom. The first-order valence-electron chi connectivity index (χ1n) is 4.90. The Labute approximate surface area is 124 Å². The minimum absolute atomic E-state index is 0. The van der Waals surface area contributed by atoms with Crippen LogP contribution in [0, 0.1) is 6.92 Å². The average Bonchev–Trinajstić information content (AvgIpc) is 2.31. The van der Waals surface area contributed by atoms with Crippen molar-refractivity contribution < 1.29 is 37.5 Å². The summed E-state index contributed by atoms with van der Waals surface area (Å²) in [5.41, 5.74) is 2.29. The maximum Gasteiger partial charge on any atom is 0.219 e. The van der Waals surface area contributed by atoms with E-state index in [-0.39, 0.29) is 38.4 Å². The van der Waals surface area contributed by atoms with Gasteiger partial charge >= 0.3 is 0 Å². The van der Waals surface area contributed by atoms with Crippen LogP contribution in [0.4, 0.5) is 0 Å². The van der Waals surface area contributed by atoms with Crippen LogP contribution < -0.4 is 5.23 Å². The molecule has 0 saturated carbocycles. The van der Waals surface area contributed by atoms with Crippen molar-refractivity contribution in [2.45, 2.75) is 20.8 Å². The molecule has 0 heterocycles. The van der Waals surface area contributed by atoms with Crippen molar-refractivity contribution in [1.82, 2.24) is 5.23 Å². The van der Waals surface area contributed by atoms with Gasteiger partial charge in [-0.15, -0.1) is 11.3 Å². The van der Waals surface area contributed by atoms with E-state index in [2.05, 4.69) is 5.23 Å². The molecule has 3 radical (unpaired) electrons. The molecule has 0 aliphatic rings. The Hall–Kier alpha value is -0.401. The first kappa shape index (κ1) is 18.0. The minimum Gasteiger partial charge on any atom is -0.465 e. The fraction of sp³-hybridized carbons (Fsp3) is 0.250. The second kappa shape index (κ2) is 11.1. The first-order valence-corrected chi connectivity index (χ1v) is 4.90. The quantitative estimate of drug-likeness (QED) is 0.525. The molecule has 0 bridgehead atoms. The molecule has 2 nitrogen and oxygen atoms in total. The second-order valence-corrected chi connectivity index (χ2v) is 2.66. The van der Waals surface area contributed by atoms with Crippen molar-refractivity contribution in [3.8, 4) is 0 Å². The molecule has 0 aliphatic carbocycles. The summed E-state index contributed by atoms with van der Waals surface area (Å²) in [4.78, 5) is 10.3. The average molecular weight is 289 g/mol. The van der Waals surface area contributed by atoms with Crippen LogP contribution >= 0.6 is 0 Å². The van der Waals surface area contributed by atoms with E-state index in [0.717, 1.165) is 11.1 Å². The molecule has 1 aromatic rings. The van der Waals surface area contributed by atoms with Gasteiger partial charge in [-0.25, -0.2) is 0 Å². The Kier molecular flexibility index (Phi) is 12.5. The third-order valence-electron chi connectivity index (χ3n) is 1.75. The van der Waals surface area contributed by atoms with Gasteiger partial charge in [0.25, 0.3) is 0 Å². The maximum absolute atomic E-state index is 10.3. The van der Waals surface area contributed by atoms with E-state index in [0.29, 0.717) is 0 Å². The van der Waals surface area contributed by atoms with E-state index in [4.69, 9.17) is 7.98 Å². The number of allylic oxidation sites excluding steroid dienone is 1. The number of rotatable bonds is 3. The number of benzene rings is 1. The number of hydrogen-bond acceptors (Lipinski definition) is 2. The smallest absolute Gasteiger partial charge is 0.219 e. The molecule has 1 aromatic carbocycles. The molecule has 4 heteroatoms. The fourth-order valence-electron chi connectivity index (χ4n) is 1.00. The van der Waals surface area contributed by atoms with Crippen molar-refractivity contribution >= 4 is 20.3 Å². The number of carbonyl (C=O) groups excluding carboxylic acids is 1. The molecular formula is C12H15BNOY-. The molecule has 81 valence electrons. The summed E-state index contributed by atoms with van der Waals surface area (Å²) in [6.45, 7) is 5.96. The largest absolute Gasteiger partial charge is 0.465 e. The van der Waals surface area contributed by atoms with Crippen LogP contribution in [0.5, 0.6) is 0 Å². The van der Waals surface area contributed by atoms with E-state index in [1.807, 2.05) is 45.0 Å². The first-order chi connectivity index (χ1) is 7.27. The monoisotopic (exact) mass is 289 g/mol. The molecule has 0 amide bonds. The number of nitrogens with one attached hydrogen (secondary N) is 1. The number of hydrogen-bond donors (Lipinski definition) is 1. The zero-order valence-electron chi connectivity index (χ0n) is 9.95. The molecule has 0 spiro atoms. The zero-order valence-corrected chi connectivity index (χ0v) is 12.8. The van der Waals surface area contributed by atoms with E-state index < -0.39 is 0 Å². The summed E-state index contributed by atoms with van der Waals surface area (Å²) < 4.78 is 0. The van der Waals surface area contributed by atoms with Gasteiger partial charge < -0.3 is 10.0 Å². The molecular weight excluding hydrogens is 274 g/mol. The van der Waals surface area contributed by atoms with Gasteiger partial charge in [0.15, 0.2) is 0 Å². The van der Waals surface area contributed by atoms with Crippen LogP contribution in [-0.4, -0.2) is 14.3 Å². The summed E-state index contributed by atoms with van der Waals surface area (Å²) in [6, 6.07) is 7.71. The van der Waals surface area contributed by atoms with Crippen molar-refractivity contribution in [3.63, 3.8) is 0 Å². The fourth-order valence-corrected chi connectivity index (χ4v) is 1.00. The Morgan fingerprint density at radius 3 is 2.38 bits per heavy atom. The van der Waals surface area contributed by atoms with Crippen LogP contribution in [-0.2, 0) is 37.5 Å². The summed E-state index contributed by atoms with van der Waals surface area (Å²) >= 11 is 0. The molecule has 0 unspecified atom stereocenters. The maximum atomic E-state index is 10.3. The summed E-state index contributed by atoms with van der Waals surface area (Å²) in [5, 5.41) is 2.26. The molecule has 16 heavy (non-hydrogen) atoms. The van der Waals surface area contributed by atoms with Gasteiger partial charge in [0.2, 0.25) is 7.98 Å². The zero-order chi connectivity index (χ0) is 11.7. The summed E-state index contributed by atoms with van der Waals surface area (Å²) in [6.07, 6.45) is 3.36. The van der Waals surface area contributed by atoms with Gasteiger partial charge in [-0.2, -0.15) is 6.08 Å². The summed E-state index contributed by atoms with van der Waals surface area (Å²) in [5.74, 6) is 0. The van der Waals surface area contributed by atoms with Crippen molar-refractivity contribution in [3.05, 3.63) is 41.1 Å². The van der Waals surface area contributed by atoms with Gasteiger partial charge in [0, 0.05) is 39.0 Å². The van der Waals surface area contributed by atoms with Crippen LogP contribution in [0.15, 0.2) is 30.0 Å². The van der Waals surface area contributed by atoms with Crippen molar-refractivity contribution in [2.24, 2.45) is 0 Å². The van der Waals surface area contributed by atoms with E-state index in [9.17, 15) is 4.79 Å². The number of aryl methyl sites for hydroxylation is 1. The third-order valence-corrected chi connectivity index (χ3v) is 1.75. The SMILES string of the molecule is CC.[B]N/C([C-]=O)=C\c1ccccc1C.[Y]. The Bertz CT molecular complexity index is 340. The second-order valence-electron chi connectivity index (χ2n) is 2.66. The van der Waals surface area contributed by atoms with E-state index in [1.165, 1.54) is 0 Å². The topological polar surface area (TPSA) is 29.1 Å². The van der Waals surface area contributed by atoms with Gasteiger partial charge in [-0.05, 0) is 6.92 Å². The van der Waals surface area contributed by atoms with Crippen LogP contribution in [0.3, 0.4) is 0 Å². The Balaban J connectivity index is 0. The van der Waals surface area contributed by atoms with Crippen molar-refractivity contribution in [1.29, 1.82) is 0 Å². The van der Waals surface area contributed by atoms with E-state index in [1.54, 1.807) is 12.4 Å². The van der Waals surface area contributed by atoms with Gasteiger partial charge in [0.05, 0.1) is 0 Å². The van der Waals surface area contributed by atoms with Crippen LogP contribution in [0.25, 0.3) is 6.08 Å². The Morgan fingerprint density at radius 1 is 1.38 bits per heavy atom. The predicted molar refractivity (Wildman–Crippen MR) is 65.1 cm³/mol. The molecule has 0 saturated heterocycles.